The highest BCUT2D eigenvalue weighted by Crippen LogP contribution is 2.23. The van der Waals surface area contributed by atoms with E-state index < -0.39 is 0 Å². The molecule has 37 heavy (non-hydrogen) atoms. The minimum atomic E-state index is -0.0836. The van der Waals surface area contributed by atoms with Crippen LogP contribution < -0.4 is 10.2 Å². The van der Waals surface area contributed by atoms with E-state index in [9.17, 15) is 4.79 Å². The average molecular weight is 505 g/mol. The predicted molar refractivity (Wildman–Crippen MR) is 151 cm³/mol. The molecule has 3 fully saturated rings. The van der Waals surface area contributed by atoms with Gasteiger partial charge in [-0.15, -0.1) is 0 Å². The molecule has 0 bridgehead atoms. The van der Waals surface area contributed by atoms with Gasteiger partial charge in [-0.2, -0.15) is 0 Å². The molecule has 3 saturated heterocycles. The van der Waals surface area contributed by atoms with Crippen LogP contribution in [-0.4, -0.2) is 104 Å². The fourth-order valence-corrected chi connectivity index (χ4v) is 6.02. The molecular weight excluding hydrogens is 460 g/mol. The lowest BCUT2D eigenvalue weighted by atomic mass is 10.00. The third-order valence-corrected chi connectivity index (χ3v) is 8.41. The SMILES string of the molecule is CN1CCN(c2ccc(-c3cccc(C(=O)NCCCN4CCC(N5CCCCC5)CC4)n3)cc2)CC1. The van der Waals surface area contributed by atoms with Crippen molar-refractivity contribution in [2.24, 2.45) is 0 Å². The molecule has 0 spiro atoms. The van der Waals surface area contributed by atoms with Gasteiger partial charge in [0.1, 0.15) is 5.69 Å². The van der Waals surface area contributed by atoms with Crippen LogP contribution in [0.15, 0.2) is 42.5 Å². The Morgan fingerprint density at radius 2 is 1.62 bits per heavy atom. The molecule has 1 aromatic heterocycles. The summed E-state index contributed by atoms with van der Waals surface area (Å²) in [6.07, 6.45) is 7.72. The van der Waals surface area contributed by atoms with Crippen molar-refractivity contribution < 1.29 is 4.79 Å². The molecule has 7 nitrogen and oxygen atoms in total. The molecule has 7 heteroatoms. The summed E-state index contributed by atoms with van der Waals surface area (Å²) in [6, 6.07) is 15.1. The quantitative estimate of drug-likeness (QED) is 0.555. The summed E-state index contributed by atoms with van der Waals surface area (Å²) in [6.45, 7) is 11.0. The maximum atomic E-state index is 12.8. The Hall–Kier alpha value is -2.48. The number of aromatic nitrogens is 1. The standard InChI is InChI=1S/C30H44N6O/c1-33-21-23-36(24-22-33)26-11-9-25(10-12-26)28-7-5-8-29(32-28)30(37)31-15-6-16-34-19-13-27(14-20-34)35-17-3-2-4-18-35/h5,7-12,27H,2-4,6,13-24H2,1H3,(H,31,37). The van der Waals surface area contributed by atoms with Crippen LogP contribution >= 0.6 is 0 Å². The van der Waals surface area contributed by atoms with E-state index in [1.54, 1.807) is 0 Å². The number of nitrogens with one attached hydrogen (secondary N) is 1. The zero-order chi connectivity index (χ0) is 25.5. The number of piperazine rings is 1. The molecule has 5 rings (SSSR count). The van der Waals surface area contributed by atoms with Gasteiger partial charge in [0.15, 0.2) is 0 Å². The van der Waals surface area contributed by atoms with E-state index in [1.807, 2.05) is 18.2 Å². The fourth-order valence-electron chi connectivity index (χ4n) is 6.02. The summed E-state index contributed by atoms with van der Waals surface area (Å²) in [5, 5.41) is 3.09. The largest absolute Gasteiger partial charge is 0.369 e. The predicted octanol–water partition coefficient (Wildman–Crippen LogP) is 3.57. The first kappa shape index (κ1) is 26.1. The number of amides is 1. The van der Waals surface area contributed by atoms with Crippen LogP contribution in [0.1, 0.15) is 49.0 Å². The van der Waals surface area contributed by atoms with Crippen LogP contribution in [0, 0.1) is 0 Å². The van der Waals surface area contributed by atoms with Crippen molar-refractivity contribution in [3.05, 3.63) is 48.2 Å². The number of piperidine rings is 2. The Bertz CT molecular complexity index is 989. The van der Waals surface area contributed by atoms with E-state index in [4.69, 9.17) is 0 Å². The van der Waals surface area contributed by atoms with Crippen LogP contribution in [-0.2, 0) is 0 Å². The molecule has 0 saturated carbocycles. The highest BCUT2D eigenvalue weighted by molar-refractivity contribution is 5.92. The zero-order valence-corrected chi connectivity index (χ0v) is 22.6. The van der Waals surface area contributed by atoms with Gasteiger partial charge in [0.25, 0.3) is 5.91 Å². The Balaban J connectivity index is 1.05. The van der Waals surface area contributed by atoms with Gasteiger partial charge in [-0.05, 0) is 96.1 Å². The summed E-state index contributed by atoms with van der Waals surface area (Å²) >= 11 is 0. The van der Waals surface area contributed by atoms with Crippen LogP contribution in [0.5, 0.6) is 0 Å². The van der Waals surface area contributed by atoms with Crippen molar-refractivity contribution in [2.45, 2.75) is 44.6 Å². The molecule has 200 valence electrons. The Morgan fingerprint density at radius 1 is 0.892 bits per heavy atom. The number of rotatable bonds is 8. The maximum Gasteiger partial charge on any atom is 0.269 e. The van der Waals surface area contributed by atoms with Gasteiger partial charge >= 0.3 is 0 Å². The van der Waals surface area contributed by atoms with Crippen molar-refractivity contribution >= 4 is 11.6 Å². The lowest BCUT2D eigenvalue weighted by Gasteiger charge is -2.40. The second-order valence-electron chi connectivity index (χ2n) is 11.0. The van der Waals surface area contributed by atoms with Gasteiger partial charge in [-0.25, -0.2) is 4.98 Å². The van der Waals surface area contributed by atoms with Crippen LogP contribution in [0.25, 0.3) is 11.3 Å². The number of carbonyl (C=O) groups is 1. The monoisotopic (exact) mass is 504 g/mol. The second-order valence-corrected chi connectivity index (χ2v) is 11.0. The van der Waals surface area contributed by atoms with Crippen LogP contribution in [0.2, 0.25) is 0 Å². The van der Waals surface area contributed by atoms with Crippen molar-refractivity contribution in [3.8, 4) is 11.3 Å². The Kier molecular flexibility index (Phi) is 9.08. The van der Waals surface area contributed by atoms with Crippen molar-refractivity contribution in [2.75, 3.05) is 77.4 Å². The summed E-state index contributed by atoms with van der Waals surface area (Å²) in [4.78, 5) is 27.5. The van der Waals surface area contributed by atoms with Crippen molar-refractivity contribution in [3.63, 3.8) is 0 Å². The van der Waals surface area contributed by atoms with E-state index in [2.05, 4.69) is 61.2 Å². The lowest BCUT2D eigenvalue weighted by molar-refractivity contribution is 0.0901. The average Bonchev–Trinajstić information content (AvgIpc) is 2.96. The molecule has 0 radical (unpaired) electrons. The van der Waals surface area contributed by atoms with Gasteiger partial charge in [0, 0.05) is 50.0 Å². The molecule has 0 aliphatic carbocycles. The van der Waals surface area contributed by atoms with E-state index >= 15 is 0 Å². The van der Waals surface area contributed by atoms with E-state index in [0.717, 1.165) is 56.4 Å². The number of likely N-dealkylation sites (N-methyl/N-ethyl adjacent to an activating group) is 1. The van der Waals surface area contributed by atoms with Crippen molar-refractivity contribution in [1.29, 1.82) is 0 Å². The third-order valence-electron chi connectivity index (χ3n) is 8.41. The van der Waals surface area contributed by atoms with Gasteiger partial charge in [-0.3, -0.25) is 4.79 Å². The Labute approximate surface area is 222 Å². The van der Waals surface area contributed by atoms with E-state index in [-0.39, 0.29) is 5.91 Å². The number of nitrogens with zero attached hydrogens (tertiary/aromatic N) is 5. The number of likely N-dealkylation sites (tertiary alicyclic amines) is 2. The summed E-state index contributed by atoms with van der Waals surface area (Å²) in [7, 11) is 2.18. The summed E-state index contributed by atoms with van der Waals surface area (Å²) in [5.41, 5.74) is 3.62. The number of benzene rings is 1. The van der Waals surface area contributed by atoms with Gasteiger partial charge in [0.05, 0.1) is 5.69 Å². The molecular formula is C30H44N6O. The number of anilines is 1. The van der Waals surface area contributed by atoms with Gasteiger partial charge in [-0.1, -0.05) is 24.6 Å². The second kappa shape index (κ2) is 12.9. The van der Waals surface area contributed by atoms with E-state index in [1.165, 1.54) is 64.0 Å². The topological polar surface area (TPSA) is 55.0 Å². The van der Waals surface area contributed by atoms with E-state index in [0.29, 0.717) is 12.2 Å². The van der Waals surface area contributed by atoms with Crippen LogP contribution in [0.3, 0.4) is 0 Å². The molecule has 0 atom stereocenters. The minimum Gasteiger partial charge on any atom is -0.369 e. The molecule has 3 aliphatic heterocycles. The smallest absolute Gasteiger partial charge is 0.269 e. The van der Waals surface area contributed by atoms with Crippen LogP contribution in [0.4, 0.5) is 5.69 Å². The normalized spacial score (nSPS) is 20.7. The summed E-state index contributed by atoms with van der Waals surface area (Å²) in [5.74, 6) is -0.0836. The number of pyridine rings is 1. The molecule has 2 aromatic rings. The van der Waals surface area contributed by atoms with Crippen molar-refractivity contribution in [1.82, 2.24) is 25.0 Å². The molecule has 3 aliphatic rings. The summed E-state index contributed by atoms with van der Waals surface area (Å²) < 4.78 is 0. The Morgan fingerprint density at radius 3 is 2.35 bits per heavy atom. The minimum absolute atomic E-state index is 0.0836. The molecule has 4 heterocycles. The molecule has 0 unspecified atom stereocenters. The number of hydrogen-bond donors (Lipinski definition) is 1. The highest BCUT2D eigenvalue weighted by atomic mass is 16.1. The number of hydrogen-bond acceptors (Lipinski definition) is 6. The third kappa shape index (κ3) is 7.09. The fraction of sp³-hybridized carbons (Fsp3) is 0.600. The molecule has 1 aromatic carbocycles. The highest BCUT2D eigenvalue weighted by Gasteiger charge is 2.25. The molecule has 1 amide bonds. The number of carbonyl (C=O) groups excluding carboxylic acids is 1. The maximum absolute atomic E-state index is 12.8. The first-order valence-corrected chi connectivity index (χ1v) is 14.4. The zero-order valence-electron chi connectivity index (χ0n) is 22.6. The first-order valence-electron chi connectivity index (χ1n) is 14.4. The molecule has 1 N–H and O–H groups in total. The lowest BCUT2D eigenvalue weighted by Crippen LogP contribution is -2.47. The first-order chi connectivity index (χ1) is 18.2. The van der Waals surface area contributed by atoms with Gasteiger partial charge in [0.2, 0.25) is 0 Å². The van der Waals surface area contributed by atoms with Gasteiger partial charge < -0.3 is 24.9 Å².